The highest BCUT2D eigenvalue weighted by Crippen LogP contribution is 2.20. The fourth-order valence-corrected chi connectivity index (χ4v) is 3.60. The second-order valence-electron chi connectivity index (χ2n) is 6.48. The molecule has 144 valence electrons. The van der Waals surface area contributed by atoms with Gasteiger partial charge < -0.3 is 24.8 Å². The normalized spacial score (nSPS) is 23.7. The lowest BCUT2D eigenvalue weighted by Gasteiger charge is -2.34. The molecule has 0 radical (unpaired) electrons. The topological polar surface area (TPSA) is 110 Å². The van der Waals surface area contributed by atoms with Crippen molar-refractivity contribution in [3.8, 4) is 0 Å². The van der Waals surface area contributed by atoms with Gasteiger partial charge in [-0.3, -0.25) is 9.59 Å². The monoisotopic (exact) mass is 383 g/mol. The van der Waals surface area contributed by atoms with E-state index in [4.69, 9.17) is 9.26 Å². The minimum absolute atomic E-state index is 0.0957. The Labute approximate surface area is 156 Å². The Kier molecular flexibility index (Phi) is 6.86. The Hall–Kier alpha value is -1.65. The standard InChI is InChI=1S/C16H25N5O4S/c1-26-10-13-19-14(25-20-13)9-18-15(22)11-6-12(8-17-7-11)16(23)21-2-4-24-5-3-21/h11-12,17H,2-10H2,1H3,(H,18,22)/t11-,12-/m0/s1. The van der Waals surface area contributed by atoms with Crippen LogP contribution in [0.25, 0.3) is 0 Å². The molecule has 0 unspecified atom stereocenters. The smallest absolute Gasteiger partial charge is 0.246 e. The molecule has 1 aromatic rings. The minimum atomic E-state index is -0.243. The largest absolute Gasteiger partial charge is 0.378 e. The summed E-state index contributed by atoms with van der Waals surface area (Å²) in [6.07, 6.45) is 2.51. The predicted octanol–water partition coefficient (Wildman–Crippen LogP) is -0.367. The van der Waals surface area contributed by atoms with E-state index in [0.717, 1.165) is 0 Å². The van der Waals surface area contributed by atoms with Gasteiger partial charge in [0.15, 0.2) is 5.82 Å². The molecule has 0 aromatic carbocycles. The van der Waals surface area contributed by atoms with Crippen molar-refractivity contribution in [2.75, 3.05) is 45.6 Å². The number of carbonyl (C=O) groups excluding carboxylic acids is 2. The van der Waals surface area contributed by atoms with Gasteiger partial charge >= 0.3 is 0 Å². The maximum absolute atomic E-state index is 12.6. The van der Waals surface area contributed by atoms with Gasteiger partial charge in [-0.2, -0.15) is 16.7 Å². The van der Waals surface area contributed by atoms with E-state index >= 15 is 0 Å². The molecule has 2 saturated heterocycles. The van der Waals surface area contributed by atoms with Gasteiger partial charge in [-0.1, -0.05) is 5.16 Å². The second-order valence-corrected chi connectivity index (χ2v) is 7.35. The Morgan fingerprint density at radius 3 is 2.85 bits per heavy atom. The van der Waals surface area contributed by atoms with Crippen LogP contribution in [-0.4, -0.2) is 72.5 Å². The summed E-state index contributed by atoms with van der Waals surface area (Å²) in [7, 11) is 0. The Balaban J connectivity index is 1.48. The molecule has 3 heterocycles. The summed E-state index contributed by atoms with van der Waals surface area (Å²) in [6, 6.07) is 0. The van der Waals surface area contributed by atoms with E-state index in [0.29, 0.717) is 63.3 Å². The number of aromatic nitrogens is 2. The molecule has 0 spiro atoms. The van der Waals surface area contributed by atoms with Crippen LogP contribution in [0.1, 0.15) is 18.1 Å². The average Bonchev–Trinajstić information content (AvgIpc) is 3.14. The van der Waals surface area contributed by atoms with E-state index in [1.807, 2.05) is 11.2 Å². The Morgan fingerprint density at radius 2 is 2.08 bits per heavy atom. The third-order valence-corrected chi connectivity index (χ3v) is 5.14. The summed E-state index contributed by atoms with van der Waals surface area (Å²) in [5, 5.41) is 9.90. The van der Waals surface area contributed by atoms with E-state index in [9.17, 15) is 9.59 Å². The molecule has 2 fully saturated rings. The van der Waals surface area contributed by atoms with Crippen LogP contribution in [0, 0.1) is 11.8 Å². The number of ether oxygens (including phenoxy) is 1. The van der Waals surface area contributed by atoms with Crippen molar-refractivity contribution < 1.29 is 18.8 Å². The maximum Gasteiger partial charge on any atom is 0.246 e. The molecule has 2 N–H and O–H groups in total. The van der Waals surface area contributed by atoms with Crippen molar-refractivity contribution in [2.24, 2.45) is 11.8 Å². The van der Waals surface area contributed by atoms with Gasteiger partial charge in [-0.15, -0.1) is 0 Å². The highest BCUT2D eigenvalue weighted by atomic mass is 32.2. The number of piperidine rings is 1. The zero-order valence-corrected chi connectivity index (χ0v) is 15.7. The van der Waals surface area contributed by atoms with Crippen molar-refractivity contribution in [1.82, 2.24) is 25.7 Å². The second kappa shape index (κ2) is 9.33. The maximum atomic E-state index is 12.6. The molecule has 2 aliphatic heterocycles. The third kappa shape index (κ3) is 4.95. The molecule has 10 heteroatoms. The number of amides is 2. The molecule has 3 rings (SSSR count). The summed E-state index contributed by atoms with van der Waals surface area (Å²) in [5.74, 6) is 1.29. The average molecular weight is 383 g/mol. The van der Waals surface area contributed by atoms with Crippen LogP contribution in [0.3, 0.4) is 0 Å². The summed E-state index contributed by atoms with van der Waals surface area (Å²) < 4.78 is 10.4. The summed E-state index contributed by atoms with van der Waals surface area (Å²) in [4.78, 5) is 31.1. The molecular formula is C16H25N5O4S. The van der Waals surface area contributed by atoms with Crippen LogP contribution in [0.4, 0.5) is 0 Å². The van der Waals surface area contributed by atoms with Crippen LogP contribution in [-0.2, 0) is 26.6 Å². The molecule has 26 heavy (non-hydrogen) atoms. The molecular weight excluding hydrogens is 358 g/mol. The van der Waals surface area contributed by atoms with Crippen molar-refractivity contribution in [2.45, 2.75) is 18.7 Å². The molecule has 2 atom stereocenters. The number of hydrogen-bond acceptors (Lipinski definition) is 8. The highest BCUT2D eigenvalue weighted by molar-refractivity contribution is 7.97. The van der Waals surface area contributed by atoms with E-state index < -0.39 is 0 Å². The number of nitrogens with one attached hydrogen (secondary N) is 2. The Bertz CT molecular complexity index is 620. The van der Waals surface area contributed by atoms with Crippen molar-refractivity contribution in [1.29, 1.82) is 0 Å². The number of rotatable bonds is 6. The lowest BCUT2D eigenvalue weighted by Crippen LogP contribution is -2.51. The summed E-state index contributed by atoms with van der Waals surface area (Å²) >= 11 is 1.61. The fourth-order valence-electron chi connectivity index (χ4n) is 3.23. The van der Waals surface area contributed by atoms with Crippen LogP contribution >= 0.6 is 11.8 Å². The quantitative estimate of drug-likeness (QED) is 0.685. The van der Waals surface area contributed by atoms with Crippen LogP contribution < -0.4 is 10.6 Å². The minimum Gasteiger partial charge on any atom is -0.378 e. The summed E-state index contributed by atoms with van der Waals surface area (Å²) in [5.41, 5.74) is 0. The summed E-state index contributed by atoms with van der Waals surface area (Å²) in [6.45, 7) is 3.81. The highest BCUT2D eigenvalue weighted by Gasteiger charge is 2.33. The molecule has 9 nitrogen and oxygen atoms in total. The van der Waals surface area contributed by atoms with E-state index in [1.165, 1.54) is 0 Å². The number of nitrogens with zero attached hydrogens (tertiary/aromatic N) is 3. The van der Waals surface area contributed by atoms with Crippen molar-refractivity contribution >= 4 is 23.6 Å². The number of thioether (sulfide) groups is 1. The molecule has 0 saturated carbocycles. The van der Waals surface area contributed by atoms with Gasteiger partial charge in [0.25, 0.3) is 0 Å². The van der Waals surface area contributed by atoms with Crippen LogP contribution in [0.5, 0.6) is 0 Å². The van der Waals surface area contributed by atoms with Gasteiger partial charge in [0.2, 0.25) is 17.7 Å². The lowest BCUT2D eigenvalue weighted by molar-refractivity contribution is -0.141. The number of hydrogen-bond donors (Lipinski definition) is 2. The molecule has 2 aliphatic rings. The zero-order chi connectivity index (χ0) is 18.4. The fraction of sp³-hybridized carbons (Fsp3) is 0.750. The van der Waals surface area contributed by atoms with Gasteiger partial charge in [-0.25, -0.2) is 0 Å². The predicted molar refractivity (Wildman–Crippen MR) is 95.2 cm³/mol. The molecule has 0 bridgehead atoms. The third-order valence-electron chi connectivity index (χ3n) is 4.59. The van der Waals surface area contributed by atoms with Gasteiger partial charge in [-0.05, 0) is 12.7 Å². The van der Waals surface area contributed by atoms with E-state index in [1.54, 1.807) is 11.8 Å². The lowest BCUT2D eigenvalue weighted by atomic mass is 9.88. The van der Waals surface area contributed by atoms with Gasteiger partial charge in [0.1, 0.15) is 0 Å². The van der Waals surface area contributed by atoms with Gasteiger partial charge in [0.05, 0.1) is 37.3 Å². The first-order valence-electron chi connectivity index (χ1n) is 8.82. The first kappa shape index (κ1) is 19.1. The molecule has 2 amide bonds. The zero-order valence-electron chi connectivity index (χ0n) is 14.9. The van der Waals surface area contributed by atoms with Crippen molar-refractivity contribution in [3.05, 3.63) is 11.7 Å². The van der Waals surface area contributed by atoms with Crippen LogP contribution in [0.2, 0.25) is 0 Å². The first-order chi connectivity index (χ1) is 12.7. The Morgan fingerprint density at radius 1 is 1.31 bits per heavy atom. The van der Waals surface area contributed by atoms with E-state index in [-0.39, 0.29) is 30.2 Å². The first-order valence-corrected chi connectivity index (χ1v) is 10.2. The number of carbonyl (C=O) groups is 2. The molecule has 0 aliphatic carbocycles. The molecule has 1 aromatic heterocycles. The van der Waals surface area contributed by atoms with Crippen LogP contribution in [0.15, 0.2) is 4.52 Å². The van der Waals surface area contributed by atoms with Gasteiger partial charge in [0, 0.05) is 26.2 Å². The SMILES string of the molecule is CSCc1noc(CNC(=O)[C@@H]2CNC[C@@H](C(=O)N3CCOCC3)C2)n1. The van der Waals surface area contributed by atoms with Crippen molar-refractivity contribution in [3.63, 3.8) is 0 Å². The van der Waals surface area contributed by atoms with E-state index in [2.05, 4.69) is 20.8 Å². The number of morpholine rings is 1.